The van der Waals surface area contributed by atoms with E-state index in [4.69, 9.17) is 0 Å². The summed E-state index contributed by atoms with van der Waals surface area (Å²) in [6.45, 7) is 2.06. The molecule has 0 fully saturated rings. The molecule has 0 saturated heterocycles. The lowest BCUT2D eigenvalue weighted by atomic mass is 10.1. The largest absolute Gasteiger partial charge is 0.339 e. The van der Waals surface area contributed by atoms with Crippen LogP contribution in [0.25, 0.3) is 27.8 Å². The van der Waals surface area contributed by atoms with Gasteiger partial charge in [0.2, 0.25) is 0 Å². The summed E-state index contributed by atoms with van der Waals surface area (Å²) in [6, 6.07) is 16.2. The monoisotopic (exact) mass is 355 g/mol. The van der Waals surface area contributed by atoms with Gasteiger partial charge >= 0.3 is 0 Å². The number of nitrogens with one attached hydrogen (secondary N) is 3. The number of hydrogen-bond donors (Lipinski definition) is 3. The van der Waals surface area contributed by atoms with Crippen LogP contribution in [0.3, 0.4) is 0 Å². The molecule has 5 aromatic rings. The third-order valence-corrected chi connectivity index (χ3v) is 4.57. The molecule has 132 valence electrons. The van der Waals surface area contributed by atoms with Crippen LogP contribution in [-0.4, -0.2) is 30.2 Å². The van der Waals surface area contributed by atoms with Gasteiger partial charge in [-0.15, -0.1) is 0 Å². The summed E-state index contributed by atoms with van der Waals surface area (Å²) >= 11 is 0. The molecule has 7 nitrogen and oxygen atoms in total. The Kier molecular flexibility index (Phi) is 3.50. The standard InChI is InChI=1S/C20H17N7/c1-13-9-18-15(12-21-24-18)10-17(13)23-20-11-19(25-26-20)14-3-5-16(6-4-14)27-8-2-7-22-27/h2-12H,1H3,(H,21,24)(H2,23,25,26). The molecule has 0 aliphatic carbocycles. The van der Waals surface area contributed by atoms with Gasteiger partial charge in [-0.25, -0.2) is 4.68 Å². The van der Waals surface area contributed by atoms with E-state index in [9.17, 15) is 0 Å². The molecule has 27 heavy (non-hydrogen) atoms. The van der Waals surface area contributed by atoms with Crippen molar-refractivity contribution in [3.05, 3.63) is 72.7 Å². The minimum absolute atomic E-state index is 0.770. The fourth-order valence-corrected chi connectivity index (χ4v) is 3.12. The molecule has 0 amide bonds. The van der Waals surface area contributed by atoms with E-state index >= 15 is 0 Å². The first-order chi connectivity index (χ1) is 13.3. The van der Waals surface area contributed by atoms with Crippen LogP contribution in [-0.2, 0) is 0 Å². The van der Waals surface area contributed by atoms with E-state index in [1.165, 1.54) is 0 Å². The molecule has 3 heterocycles. The SMILES string of the molecule is Cc1cc2[nH]ncc2cc1Nc1cc(-c2ccc(-n3cccn3)cc2)[nH]n1. The van der Waals surface area contributed by atoms with Crippen LogP contribution in [0.2, 0.25) is 0 Å². The van der Waals surface area contributed by atoms with Gasteiger partial charge in [0.1, 0.15) is 0 Å². The van der Waals surface area contributed by atoms with Gasteiger partial charge in [-0.1, -0.05) is 12.1 Å². The maximum absolute atomic E-state index is 4.39. The highest BCUT2D eigenvalue weighted by atomic mass is 15.3. The van der Waals surface area contributed by atoms with E-state index in [0.717, 1.165) is 44.9 Å². The van der Waals surface area contributed by atoms with Crippen molar-refractivity contribution in [2.24, 2.45) is 0 Å². The van der Waals surface area contributed by atoms with Crippen LogP contribution >= 0.6 is 0 Å². The van der Waals surface area contributed by atoms with Crippen molar-refractivity contribution in [3.8, 4) is 16.9 Å². The van der Waals surface area contributed by atoms with Crippen molar-refractivity contribution < 1.29 is 0 Å². The molecule has 0 aliphatic rings. The molecule has 0 saturated carbocycles. The van der Waals surface area contributed by atoms with Crippen molar-refractivity contribution in [1.29, 1.82) is 0 Å². The highest BCUT2D eigenvalue weighted by Gasteiger charge is 2.08. The molecule has 5 rings (SSSR count). The second kappa shape index (κ2) is 6.14. The van der Waals surface area contributed by atoms with Crippen LogP contribution in [0, 0.1) is 6.92 Å². The zero-order valence-corrected chi connectivity index (χ0v) is 14.6. The maximum atomic E-state index is 4.39. The van der Waals surface area contributed by atoms with Gasteiger partial charge in [-0.2, -0.15) is 15.3 Å². The zero-order valence-electron chi connectivity index (χ0n) is 14.6. The Labute approximate surface area is 155 Å². The van der Waals surface area contributed by atoms with E-state index in [0.29, 0.717) is 0 Å². The van der Waals surface area contributed by atoms with Crippen LogP contribution in [0.5, 0.6) is 0 Å². The Bertz CT molecular complexity index is 1200. The number of aromatic nitrogens is 6. The first-order valence-corrected chi connectivity index (χ1v) is 8.63. The molecular weight excluding hydrogens is 338 g/mol. The van der Waals surface area contributed by atoms with E-state index in [1.54, 1.807) is 6.20 Å². The van der Waals surface area contributed by atoms with Crippen LogP contribution in [0.4, 0.5) is 11.5 Å². The second-order valence-corrected chi connectivity index (χ2v) is 6.41. The second-order valence-electron chi connectivity index (χ2n) is 6.41. The first kappa shape index (κ1) is 15.4. The fraction of sp³-hybridized carbons (Fsp3) is 0.0500. The predicted octanol–water partition coefficient (Wildman–Crippen LogP) is 4.19. The molecule has 0 aliphatic heterocycles. The van der Waals surface area contributed by atoms with Crippen molar-refractivity contribution in [1.82, 2.24) is 30.2 Å². The molecule has 2 aromatic carbocycles. The lowest BCUT2D eigenvalue weighted by Crippen LogP contribution is -1.93. The number of benzene rings is 2. The van der Waals surface area contributed by atoms with Crippen molar-refractivity contribution in [2.75, 3.05) is 5.32 Å². The minimum atomic E-state index is 0.770. The number of fused-ring (bicyclic) bond motifs is 1. The van der Waals surface area contributed by atoms with Crippen LogP contribution < -0.4 is 5.32 Å². The molecule has 0 atom stereocenters. The van der Waals surface area contributed by atoms with E-state index in [2.05, 4.69) is 62.0 Å². The van der Waals surface area contributed by atoms with Gasteiger partial charge < -0.3 is 5.32 Å². The summed E-state index contributed by atoms with van der Waals surface area (Å²) in [4.78, 5) is 0. The van der Waals surface area contributed by atoms with Crippen molar-refractivity contribution >= 4 is 22.4 Å². The van der Waals surface area contributed by atoms with Gasteiger partial charge in [0.15, 0.2) is 5.82 Å². The van der Waals surface area contributed by atoms with Crippen LogP contribution in [0.1, 0.15) is 5.56 Å². The number of aryl methyl sites for hydroxylation is 1. The van der Waals surface area contributed by atoms with Crippen LogP contribution in [0.15, 0.2) is 67.1 Å². The molecule has 7 heteroatoms. The minimum Gasteiger partial charge on any atom is -0.339 e. The van der Waals surface area contributed by atoms with E-state index in [1.807, 2.05) is 41.3 Å². The Morgan fingerprint density at radius 3 is 2.74 bits per heavy atom. The topological polar surface area (TPSA) is 87.2 Å². The molecule has 0 unspecified atom stereocenters. The number of anilines is 2. The number of hydrogen-bond acceptors (Lipinski definition) is 4. The molecule has 3 aromatic heterocycles. The quantitative estimate of drug-likeness (QED) is 0.451. The normalized spacial score (nSPS) is 11.1. The molecule has 0 bridgehead atoms. The summed E-state index contributed by atoms with van der Waals surface area (Å²) in [5.74, 6) is 0.770. The highest BCUT2D eigenvalue weighted by molar-refractivity contribution is 5.84. The van der Waals surface area contributed by atoms with Crippen molar-refractivity contribution in [3.63, 3.8) is 0 Å². The number of H-pyrrole nitrogens is 2. The van der Waals surface area contributed by atoms with Gasteiger partial charge in [0.25, 0.3) is 0 Å². The average molecular weight is 355 g/mol. The Hall–Kier alpha value is -3.87. The summed E-state index contributed by atoms with van der Waals surface area (Å²) in [6.07, 6.45) is 5.51. The number of nitrogens with zero attached hydrogens (tertiary/aromatic N) is 4. The summed E-state index contributed by atoms with van der Waals surface area (Å²) in [5.41, 5.74) is 6.19. The lowest BCUT2D eigenvalue weighted by Gasteiger charge is -2.06. The zero-order chi connectivity index (χ0) is 18.2. The predicted molar refractivity (Wildman–Crippen MR) is 105 cm³/mol. The smallest absolute Gasteiger partial charge is 0.152 e. The lowest BCUT2D eigenvalue weighted by molar-refractivity contribution is 0.880. The van der Waals surface area contributed by atoms with E-state index < -0.39 is 0 Å². The molecule has 0 radical (unpaired) electrons. The van der Waals surface area contributed by atoms with E-state index in [-0.39, 0.29) is 0 Å². The molecule has 3 N–H and O–H groups in total. The highest BCUT2D eigenvalue weighted by Crippen LogP contribution is 2.27. The Balaban J connectivity index is 1.40. The summed E-state index contributed by atoms with van der Waals surface area (Å²) < 4.78 is 1.83. The average Bonchev–Trinajstić information content (AvgIpc) is 3.44. The number of rotatable bonds is 4. The third kappa shape index (κ3) is 2.85. The van der Waals surface area contributed by atoms with Gasteiger partial charge in [-0.3, -0.25) is 10.2 Å². The molecular formula is C20H17N7. The molecule has 0 spiro atoms. The fourth-order valence-electron chi connectivity index (χ4n) is 3.12. The number of aromatic amines is 2. The Morgan fingerprint density at radius 1 is 1.04 bits per heavy atom. The summed E-state index contributed by atoms with van der Waals surface area (Å²) in [5, 5.41) is 23.2. The maximum Gasteiger partial charge on any atom is 0.152 e. The van der Waals surface area contributed by atoms with Gasteiger partial charge in [-0.05, 0) is 48.4 Å². The van der Waals surface area contributed by atoms with Crippen molar-refractivity contribution in [2.45, 2.75) is 6.92 Å². The first-order valence-electron chi connectivity index (χ1n) is 8.63. The van der Waals surface area contributed by atoms with Gasteiger partial charge in [0.05, 0.1) is 23.1 Å². The van der Waals surface area contributed by atoms with Gasteiger partial charge in [0, 0.05) is 29.5 Å². The Morgan fingerprint density at radius 2 is 1.93 bits per heavy atom. The third-order valence-electron chi connectivity index (χ3n) is 4.57. The summed E-state index contributed by atoms with van der Waals surface area (Å²) in [7, 11) is 0.